The highest BCUT2D eigenvalue weighted by molar-refractivity contribution is 6.02. The predicted molar refractivity (Wildman–Crippen MR) is 96.5 cm³/mol. The Hall–Kier alpha value is -3.20. The fourth-order valence-corrected chi connectivity index (χ4v) is 3.05. The van der Waals surface area contributed by atoms with Gasteiger partial charge < -0.3 is 20.5 Å². The number of nitro groups is 1. The maximum atomic E-state index is 12.6. The zero-order chi connectivity index (χ0) is 20.1. The summed E-state index contributed by atoms with van der Waals surface area (Å²) in [4.78, 5) is 35.7. The van der Waals surface area contributed by atoms with Crippen molar-refractivity contribution in [2.75, 3.05) is 20.3 Å². The van der Waals surface area contributed by atoms with Gasteiger partial charge in [-0.1, -0.05) is 12.1 Å². The molecule has 1 heterocycles. The minimum absolute atomic E-state index is 0.106. The van der Waals surface area contributed by atoms with Crippen LogP contribution >= 0.6 is 0 Å². The van der Waals surface area contributed by atoms with E-state index < -0.39 is 29.3 Å². The molecule has 1 aromatic rings. The number of likely N-dealkylation sites (N-methyl/N-ethyl adjacent to an activating group) is 1. The molecule has 1 aromatic carbocycles. The van der Waals surface area contributed by atoms with Gasteiger partial charge in [-0.25, -0.2) is 4.79 Å². The van der Waals surface area contributed by atoms with E-state index in [0.717, 1.165) is 0 Å². The molecule has 1 unspecified atom stereocenters. The Bertz CT molecular complexity index is 843. The van der Waals surface area contributed by atoms with Crippen LogP contribution in [0.1, 0.15) is 25.3 Å². The number of rotatable bonds is 6. The number of amides is 1. The van der Waals surface area contributed by atoms with Gasteiger partial charge in [0.05, 0.1) is 40.9 Å². The van der Waals surface area contributed by atoms with Crippen LogP contribution in [0.5, 0.6) is 0 Å². The number of aliphatic hydroxyl groups is 1. The van der Waals surface area contributed by atoms with Gasteiger partial charge in [0.1, 0.15) is 0 Å². The van der Waals surface area contributed by atoms with E-state index in [9.17, 15) is 24.8 Å². The lowest BCUT2D eigenvalue weighted by molar-refractivity contribution is -0.384. The Morgan fingerprint density at radius 1 is 1.37 bits per heavy atom. The van der Waals surface area contributed by atoms with Crippen LogP contribution in [-0.4, -0.2) is 42.2 Å². The van der Waals surface area contributed by atoms with Gasteiger partial charge in [0.2, 0.25) is 5.91 Å². The van der Waals surface area contributed by atoms with Crippen molar-refractivity contribution in [3.63, 3.8) is 0 Å². The number of nitrogens with one attached hydrogen (secondary N) is 2. The van der Waals surface area contributed by atoms with Gasteiger partial charge in [-0.2, -0.15) is 0 Å². The number of aliphatic hydroxyl groups excluding tert-OH is 1. The van der Waals surface area contributed by atoms with Crippen molar-refractivity contribution in [2.45, 2.75) is 19.8 Å². The Morgan fingerprint density at radius 2 is 2.07 bits per heavy atom. The van der Waals surface area contributed by atoms with E-state index >= 15 is 0 Å². The van der Waals surface area contributed by atoms with Crippen LogP contribution < -0.4 is 10.6 Å². The number of carbonyl (C=O) groups excluding carboxylic acids is 2. The quantitative estimate of drug-likeness (QED) is 0.386. The number of nitrogens with zero attached hydrogens (tertiary/aromatic N) is 1. The fraction of sp³-hybridized carbons (Fsp3) is 0.333. The van der Waals surface area contributed by atoms with Crippen molar-refractivity contribution in [3.05, 3.63) is 62.5 Å². The molecule has 1 aliphatic rings. The monoisotopic (exact) mass is 375 g/mol. The summed E-state index contributed by atoms with van der Waals surface area (Å²) >= 11 is 0. The van der Waals surface area contributed by atoms with Crippen LogP contribution in [0.2, 0.25) is 0 Å². The van der Waals surface area contributed by atoms with Crippen LogP contribution in [0.15, 0.2) is 46.8 Å². The third-order valence-electron chi connectivity index (χ3n) is 4.18. The molecule has 0 saturated heterocycles. The van der Waals surface area contributed by atoms with Crippen molar-refractivity contribution in [3.8, 4) is 0 Å². The maximum absolute atomic E-state index is 12.6. The first kappa shape index (κ1) is 20.1. The molecule has 9 nitrogen and oxygen atoms in total. The highest BCUT2D eigenvalue weighted by atomic mass is 16.6. The number of esters is 1. The third kappa shape index (κ3) is 3.98. The molecule has 1 amide bonds. The Kier molecular flexibility index (Phi) is 6.30. The van der Waals surface area contributed by atoms with Crippen molar-refractivity contribution in [2.24, 2.45) is 0 Å². The molecule has 0 radical (unpaired) electrons. The Morgan fingerprint density at radius 3 is 2.63 bits per heavy atom. The molecular formula is C18H21N3O6. The molecule has 144 valence electrons. The van der Waals surface area contributed by atoms with Crippen LogP contribution in [0.3, 0.4) is 0 Å². The van der Waals surface area contributed by atoms with E-state index in [1.165, 1.54) is 25.2 Å². The third-order valence-corrected chi connectivity index (χ3v) is 4.18. The maximum Gasteiger partial charge on any atom is 0.336 e. The Balaban J connectivity index is 2.74. The van der Waals surface area contributed by atoms with Crippen molar-refractivity contribution < 1.29 is 24.4 Å². The minimum atomic E-state index is -0.924. The lowest BCUT2D eigenvalue weighted by atomic mass is 9.79. The summed E-state index contributed by atoms with van der Waals surface area (Å²) < 4.78 is 5.12. The number of dihydropyridines is 1. The molecule has 0 bridgehead atoms. The number of nitro benzene ring substituents is 1. The average molecular weight is 375 g/mol. The van der Waals surface area contributed by atoms with Crippen LogP contribution in [0.25, 0.3) is 0 Å². The van der Waals surface area contributed by atoms with E-state index in [1.54, 1.807) is 19.9 Å². The van der Waals surface area contributed by atoms with Crippen LogP contribution in [0, 0.1) is 10.1 Å². The number of hydrogen-bond acceptors (Lipinski definition) is 7. The van der Waals surface area contributed by atoms with E-state index in [0.29, 0.717) is 11.3 Å². The highest BCUT2D eigenvalue weighted by Crippen LogP contribution is 2.39. The van der Waals surface area contributed by atoms with Gasteiger partial charge in [0.15, 0.2) is 0 Å². The standard InChI is InChI=1S/C18H21N3O6/c1-4-27-18(24)14-10(2)20-13(9-22)16(17(23)19-3)15(14)11-6-5-7-12(8-11)21(25)26/h5-8,15,20,22H,4,9H2,1-3H3,(H,19,23). The summed E-state index contributed by atoms with van der Waals surface area (Å²) in [6, 6.07) is 5.70. The van der Waals surface area contributed by atoms with Crippen LogP contribution in [0.4, 0.5) is 5.69 Å². The number of hydrogen-bond donors (Lipinski definition) is 3. The first-order valence-electron chi connectivity index (χ1n) is 8.30. The van der Waals surface area contributed by atoms with Gasteiger partial charge >= 0.3 is 5.97 Å². The second-order valence-corrected chi connectivity index (χ2v) is 5.80. The fourth-order valence-electron chi connectivity index (χ4n) is 3.05. The first-order chi connectivity index (χ1) is 12.8. The van der Waals surface area contributed by atoms with Crippen molar-refractivity contribution in [1.82, 2.24) is 10.6 Å². The Labute approximate surface area is 155 Å². The summed E-state index contributed by atoms with van der Waals surface area (Å²) in [6.45, 7) is 2.93. The van der Waals surface area contributed by atoms with Gasteiger partial charge in [-0.3, -0.25) is 14.9 Å². The molecule has 1 atom stereocenters. The minimum Gasteiger partial charge on any atom is -0.463 e. The topological polar surface area (TPSA) is 131 Å². The molecule has 0 fully saturated rings. The van der Waals surface area contributed by atoms with Crippen molar-refractivity contribution in [1.29, 1.82) is 0 Å². The lowest BCUT2D eigenvalue weighted by Gasteiger charge is -2.31. The molecule has 3 N–H and O–H groups in total. The summed E-state index contributed by atoms with van der Waals surface area (Å²) in [5, 5.41) is 26.2. The van der Waals surface area contributed by atoms with Gasteiger partial charge in [0.25, 0.3) is 5.69 Å². The second-order valence-electron chi connectivity index (χ2n) is 5.80. The number of non-ortho nitro benzene ring substituents is 1. The van der Waals surface area contributed by atoms with Gasteiger partial charge in [-0.15, -0.1) is 0 Å². The van der Waals surface area contributed by atoms with E-state index in [2.05, 4.69) is 10.6 Å². The summed E-state index contributed by atoms with van der Waals surface area (Å²) in [7, 11) is 1.42. The number of benzene rings is 1. The normalized spacial score (nSPS) is 16.7. The molecule has 0 aliphatic carbocycles. The number of allylic oxidation sites excluding steroid dienone is 1. The number of ether oxygens (including phenoxy) is 1. The van der Waals surface area contributed by atoms with E-state index in [-0.39, 0.29) is 29.1 Å². The second kappa shape index (κ2) is 8.45. The van der Waals surface area contributed by atoms with E-state index in [4.69, 9.17) is 4.74 Å². The average Bonchev–Trinajstić information content (AvgIpc) is 2.66. The largest absolute Gasteiger partial charge is 0.463 e. The predicted octanol–water partition coefficient (Wildman–Crippen LogP) is 1.11. The highest BCUT2D eigenvalue weighted by Gasteiger charge is 2.38. The zero-order valence-electron chi connectivity index (χ0n) is 15.2. The van der Waals surface area contributed by atoms with E-state index in [1.807, 2.05) is 0 Å². The summed E-state index contributed by atoms with van der Waals surface area (Å²) in [5.41, 5.74) is 1.09. The molecule has 27 heavy (non-hydrogen) atoms. The molecule has 9 heteroatoms. The lowest BCUT2D eigenvalue weighted by Crippen LogP contribution is -2.37. The van der Waals surface area contributed by atoms with Gasteiger partial charge in [0, 0.05) is 24.9 Å². The molecule has 0 saturated carbocycles. The molecule has 0 spiro atoms. The summed E-state index contributed by atoms with van der Waals surface area (Å²) in [5.74, 6) is -2.08. The molecule has 0 aromatic heterocycles. The molecule has 1 aliphatic heterocycles. The zero-order valence-corrected chi connectivity index (χ0v) is 15.2. The van der Waals surface area contributed by atoms with Gasteiger partial charge in [-0.05, 0) is 19.4 Å². The molecule has 2 rings (SSSR count). The molecular weight excluding hydrogens is 354 g/mol. The summed E-state index contributed by atoms with van der Waals surface area (Å²) in [6.07, 6.45) is 0. The first-order valence-corrected chi connectivity index (χ1v) is 8.30. The van der Waals surface area contributed by atoms with Crippen molar-refractivity contribution >= 4 is 17.6 Å². The SMILES string of the molecule is CCOC(=O)C1=C(C)NC(CO)=C(C(=O)NC)C1c1cccc([N+](=O)[O-])c1. The smallest absolute Gasteiger partial charge is 0.336 e. The number of carbonyl (C=O) groups is 2. The van der Waals surface area contributed by atoms with Crippen LogP contribution in [-0.2, 0) is 14.3 Å².